The van der Waals surface area contributed by atoms with Gasteiger partial charge in [0.2, 0.25) is 0 Å². The smallest absolute Gasteiger partial charge is 0.0652 e. The minimum Gasteiger partial charge on any atom is -0.397 e. The standard InChI is InChI=1S/C12H9Br2ClN2/c13-7-1-3-11(9(15)5-7)17-12-4-2-8(14)6-10(12)16/h1-6,17H,16H2. The van der Waals surface area contributed by atoms with Crippen LogP contribution in [0.1, 0.15) is 0 Å². The predicted octanol–water partition coefficient (Wildman–Crippen LogP) is 5.19. The number of hydrogen-bond donors (Lipinski definition) is 2. The molecule has 0 fully saturated rings. The summed E-state index contributed by atoms with van der Waals surface area (Å²) in [6, 6.07) is 11.3. The summed E-state index contributed by atoms with van der Waals surface area (Å²) < 4.78 is 1.89. The van der Waals surface area contributed by atoms with Crippen LogP contribution in [0, 0.1) is 0 Å². The van der Waals surface area contributed by atoms with E-state index in [4.69, 9.17) is 17.3 Å². The average molecular weight is 376 g/mol. The lowest BCUT2D eigenvalue weighted by Gasteiger charge is -2.11. The van der Waals surface area contributed by atoms with Crippen LogP contribution in [0.3, 0.4) is 0 Å². The fourth-order valence-electron chi connectivity index (χ4n) is 1.38. The van der Waals surface area contributed by atoms with E-state index in [1.165, 1.54) is 0 Å². The molecule has 0 atom stereocenters. The first-order valence-electron chi connectivity index (χ1n) is 4.83. The molecule has 88 valence electrons. The Morgan fingerprint density at radius 1 is 0.941 bits per heavy atom. The van der Waals surface area contributed by atoms with E-state index in [1.807, 2.05) is 36.4 Å². The highest BCUT2D eigenvalue weighted by Gasteiger charge is 2.04. The highest BCUT2D eigenvalue weighted by atomic mass is 79.9. The average Bonchev–Trinajstić information content (AvgIpc) is 2.25. The Kier molecular flexibility index (Phi) is 3.97. The molecule has 2 aromatic carbocycles. The molecule has 0 heterocycles. The van der Waals surface area contributed by atoms with Crippen molar-refractivity contribution in [1.29, 1.82) is 0 Å². The molecule has 0 aromatic heterocycles. The fraction of sp³-hybridized carbons (Fsp3) is 0. The molecule has 0 saturated heterocycles. The Labute approximate surface area is 121 Å². The third kappa shape index (κ3) is 3.15. The van der Waals surface area contributed by atoms with E-state index < -0.39 is 0 Å². The van der Waals surface area contributed by atoms with Crippen molar-refractivity contribution in [3.8, 4) is 0 Å². The van der Waals surface area contributed by atoms with Gasteiger partial charge in [-0.25, -0.2) is 0 Å². The van der Waals surface area contributed by atoms with Gasteiger partial charge in [-0.05, 0) is 36.4 Å². The van der Waals surface area contributed by atoms with Crippen LogP contribution in [0.15, 0.2) is 45.3 Å². The molecule has 3 N–H and O–H groups in total. The van der Waals surface area contributed by atoms with Crippen LogP contribution in [0.25, 0.3) is 0 Å². The van der Waals surface area contributed by atoms with Crippen molar-refractivity contribution in [2.45, 2.75) is 0 Å². The lowest BCUT2D eigenvalue weighted by molar-refractivity contribution is 1.52. The second-order valence-electron chi connectivity index (χ2n) is 3.48. The molecule has 2 rings (SSSR count). The van der Waals surface area contributed by atoms with Gasteiger partial charge in [-0.15, -0.1) is 0 Å². The molecule has 2 aromatic rings. The zero-order chi connectivity index (χ0) is 12.4. The Bertz CT molecular complexity index is 509. The zero-order valence-corrected chi connectivity index (χ0v) is 12.6. The molecule has 17 heavy (non-hydrogen) atoms. The van der Waals surface area contributed by atoms with Crippen molar-refractivity contribution in [2.75, 3.05) is 11.1 Å². The van der Waals surface area contributed by atoms with Crippen LogP contribution in [-0.2, 0) is 0 Å². The number of nitrogens with one attached hydrogen (secondary N) is 1. The summed E-state index contributed by atoms with van der Waals surface area (Å²) in [5.74, 6) is 0. The first kappa shape index (κ1) is 12.7. The molecule has 0 aliphatic heterocycles. The summed E-state index contributed by atoms with van der Waals surface area (Å²) in [7, 11) is 0. The summed E-state index contributed by atoms with van der Waals surface area (Å²) in [6.07, 6.45) is 0. The van der Waals surface area contributed by atoms with Crippen LogP contribution in [-0.4, -0.2) is 0 Å². The molecule has 2 nitrogen and oxygen atoms in total. The molecule has 0 radical (unpaired) electrons. The Balaban J connectivity index is 2.31. The molecule has 0 amide bonds. The highest BCUT2D eigenvalue weighted by molar-refractivity contribution is 9.10. The molecule has 0 saturated carbocycles. The van der Waals surface area contributed by atoms with E-state index in [0.29, 0.717) is 10.7 Å². The monoisotopic (exact) mass is 374 g/mol. The van der Waals surface area contributed by atoms with Crippen molar-refractivity contribution >= 4 is 60.5 Å². The largest absolute Gasteiger partial charge is 0.397 e. The van der Waals surface area contributed by atoms with E-state index in [-0.39, 0.29) is 0 Å². The maximum atomic E-state index is 6.12. The maximum absolute atomic E-state index is 6.12. The first-order chi connectivity index (χ1) is 8.06. The minimum absolute atomic E-state index is 0.640. The van der Waals surface area contributed by atoms with Crippen molar-refractivity contribution in [3.63, 3.8) is 0 Å². The molecule has 0 aliphatic carbocycles. The highest BCUT2D eigenvalue weighted by Crippen LogP contribution is 2.31. The molecule has 0 bridgehead atoms. The first-order valence-corrected chi connectivity index (χ1v) is 6.80. The van der Waals surface area contributed by atoms with Gasteiger partial charge in [0, 0.05) is 8.95 Å². The van der Waals surface area contributed by atoms with E-state index in [2.05, 4.69) is 37.2 Å². The number of benzene rings is 2. The molecule has 5 heteroatoms. The fourth-order valence-corrected chi connectivity index (χ4v) is 2.48. The number of halogens is 3. The lowest BCUT2D eigenvalue weighted by Crippen LogP contribution is -1.96. The van der Waals surface area contributed by atoms with Crippen LogP contribution >= 0.6 is 43.5 Å². The number of nitrogens with two attached hydrogens (primary N) is 1. The summed E-state index contributed by atoms with van der Waals surface area (Å²) >= 11 is 12.8. The van der Waals surface area contributed by atoms with Gasteiger partial charge in [-0.3, -0.25) is 0 Å². The topological polar surface area (TPSA) is 38.0 Å². The maximum Gasteiger partial charge on any atom is 0.0652 e. The van der Waals surface area contributed by atoms with Gasteiger partial charge in [0.15, 0.2) is 0 Å². The predicted molar refractivity (Wildman–Crippen MR) is 81.0 cm³/mol. The Morgan fingerprint density at radius 2 is 1.53 bits per heavy atom. The van der Waals surface area contributed by atoms with E-state index in [0.717, 1.165) is 20.3 Å². The molecular weight excluding hydrogens is 367 g/mol. The van der Waals surface area contributed by atoms with Gasteiger partial charge in [0.1, 0.15) is 0 Å². The second-order valence-corrected chi connectivity index (χ2v) is 5.72. The van der Waals surface area contributed by atoms with Crippen LogP contribution < -0.4 is 11.1 Å². The van der Waals surface area contributed by atoms with Gasteiger partial charge in [-0.2, -0.15) is 0 Å². The molecule has 0 aliphatic rings. The van der Waals surface area contributed by atoms with Crippen LogP contribution in [0.4, 0.5) is 17.1 Å². The van der Waals surface area contributed by atoms with E-state index in [9.17, 15) is 0 Å². The molecular formula is C12H9Br2ClN2. The van der Waals surface area contributed by atoms with E-state index in [1.54, 1.807) is 0 Å². The van der Waals surface area contributed by atoms with Crippen molar-refractivity contribution < 1.29 is 0 Å². The quantitative estimate of drug-likeness (QED) is 0.708. The van der Waals surface area contributed by atoms with Crippen LogP contribution in [0.5, 0.6) is 0 Å². The van der Waals surface area contributed by atoms with Gasteiger partial charge in [-0.1, -0.05) is 43.5 Å². The number of hydrogen-bond acceptors (Lipinski definition) is 2. The number of rotatable bonds is 2. The van der Waals surface area contributed by atoms with E-state index >= 15 is 0 Å². The van der Waals surface area contributed by atoms with Gasteiger partial charge in [0.05, 0.1) is 22.1 Å². The Morgan fingerprint density at radius 3 is 2.12 bits per heavy atom. The van der Waals surface area contributed by atoms with Gasteiger partial charge in [0.25, 0.3) is 0 Å². The zero-order valence-electron chi connectivity index (χ0n) is 8.68. The minimum atomic E-state index is 0.640. The van der Waals surface area contributed by atoms with Crippen LogP contribution in [0.2, 0.25) is 5.02 Å². The lowest BCUT2D eigenvalue weighted by atomic mass is 10.2. The summed E-state index contributed by atoms with van der Waals surface area (Å²) in [5.41, 5.74) is 8.22. The normalized spacial score (nSPS) is 10.3. The summed E-state index contributed by atoms with van der Waals surface area (Å²) in [5, 5.41) is 3.84. The van der Waals surface area contributed by atoms with Crippen molar-refractivity contribution in [1.82, 2.24) is 0 Å². The second kappa shape index (κ2) is 5.29. The summed E-state index contributed by atoms with van der Waals surface area (Å²) in [4.78, 5) is 0. The number of nitrogen functional groups attached to an aromatic ring is 1. The number of anilines is 3. The third-order valence-corrected chi connectivity index (χ3v) is 3.51. The Hall–Kier alpha value is -0.710. The SMILES string of the molecule is Nc1cc(Br)ccc1Nc1ccc(Br)cc1Cl. The molecule has 0 unspecified atom stereocenters. The van der Waals surface area contributed by atoms with Gasteiger partial charge < -0.3 is 11.1 Å². The van der Waals surface area contributed by atoms with Gasteiger partial charge >= 0.3 is 0 Å². The van der Waals surface area contributed by atoms with Crippen molar-refractivity contribution in [3.05, 3.63) is 50.4 Å². The third-order valence-electron chi connectivity index (χ3n) is 2.21. The molecule has 0 spiro atoms. The summed E-state index contributed by atoms with van der Waals surface area (Å²) in [6.45, 7) is 0. The van der Waals surface area contributed by atoms with Crippen molar-refractivity contribution in [2.24, 2.45) is 0 Å².